The van der Waals surface area contributed by atoms with Crippen molar-refractivity contribution in [1.82, 2.24) is 5.32 Å². The fourth-order valence-corrected chi connectivity index (χ4v) is 2.64. The zero-order valence-electron chi connectivity index (χ0n) is 16.9. The van der Waals surface area contributed by atoms with Crippen LogP contribution in [0.15, 0.2) is 54.6 Å². The molecule has 3 amide bonds. The Balaban J connectivity index is 2.06. The zero-order valence-corrected chi connectivity index (χ0v) is 16.9. The van der Waals surface area contributed by atoms with Crippen molar-refractivity contribution in [1.29, 1.82) is 5.26 Å². The summed E-state index contributed by atoms with van der Waals surface area (Å²) in [4.78, 5) is 38.5. The molecule has 0 atom stereocenters. The van der Waals surface area contributed by atoms with E-state index >= 15 is 0 Å². The quantitative estimate of drug-likeness (QED) is 0.651. The molecule has 156 valence electrons. The van der Waals surface area contributed by atoms with E-state index in [1.54, 1.807) is 42.5 Å². The standard InChI is InChI=1S/C22H24N4O4/c1-16(2)24-22(29)25-19-12-7-6-11-18(19)21(28)30-15-20(27)26(14-8-13-23)17-9-4-3-5-10-17/h3-7,9-12,16H,8,14-15H2,1-2H3,(H2,24,25,29). The highest BCUT2D eigenvalue weighted by Gasteiger charge is 2.20. The van der Waals surface area contributed by atoms with E-state index in [0.717, 1.165) is 0 Å². The maximum absolute atomic E-state index is 12.6. The monoisotopic (exact) mass is 408 g/mol. The second kappa shape index (κ2) is 11.2. The maximum Gasteiger partial charge on any atom is 0.340 e. The Morgan fingerprint density at radius 2 is 1.73 bits per heavy atom. The van der Waals surface area contributed by atoms with Crippen molar-refractivity contribution < 1.29 is 19.1 Å². The van der Waals surface area contributed by atoms with E-state index < -0.39 is 24.5 Å². The summed E-state index contributed by atoms with van der Waals surface area (Å²) >= 11 is 0. The van der Waals surface area contributed by atoms with E-state index in [2.05, 4.69) is 10.6 Å². The molecule has 8 nitrogen and oxygen atoms in total. The number of nitrogens with one attached hydrogen (secondary N) is 2. The average molecular weight is 408 g/mol. The number of hydrogen-bond acceptors (Lipinski definition) is 5. The number of hydrogen-bond donors (Lipinski definition) is 2. The molecule has 0 saturated carbocycles. The van der Waals surface area contributed by atoms with Crippen LogP contribution in [0.5, 0.6) is 0 Å². The summed E-state index contributed by atoms with van der Waals surface area (Å²) in [5, 5.41) is 14.1. The van der Waals surface area contributed by atoms with Gasteiger partial charge in [0.25, 0.3) is 5.91 Å². The van der Waals surface area contributed by atoms with E-state index in [1.807, 2.05) is 26.0 Å². The van der Waals surface area contributed by atoms with Gasteiger partial charge in [0.05, 0.1) is 23.7 Å². The van der Waals surface area contributed by atoms with Gasteiger partial charge in [-0.05, 0) is 38.1 Å². The van der Waals surface area contributed by atoms with Gasteiger partial charge in [0.2, 0.25) is 0 Å². The number of ether oxygens (including phenoxy) is 1. The normalized spacial score (nSPS) is 10.1. The summed E-state index contributed by atoms with van der Waals surface area (Å²) in [6, 6.07) is 16.7. The van der Waals surface area contributed by atoms with Gasteiger partial charge in [-0.1, -0.05) is 30.3 Å². The van der Waals surface area contributed by atoms with Gasteiger partial charge < -0.3 is 20.3 Å². The third-order valence-electron chi connectivity index (χ3n) is 3.96. The molecule has 2 aromatic carbocycles. The first-order valence-corrected chi connectivity index (χ1v) is 9.48. The van der Waals surface area contributed by atoms with Gasteiger partial charge in [-0.2, -0.15) is 5.26 Å². The molecule has 8 heteroatoms. The minimum atomic E-state index is -0.739. The molecule has 2 rings (SSSR count). The molecule has 0 aliphatic carbocycles. The van der Waals surface area contributed by atoms with Crippen LogP contribution < -0.4 is 15.5 Å². The second-order valence-corrected chi connectivity index (χ2v) is 6.66. The number of benzene rings is 2. The number of amides is 3. The lowest BCUT2D eigenvalue weighted by Gasteiger charge is -2.21. The summed E-state index contributed by atoms with van der Waals surface area (Å²) in [7, 11) is 0. The van der Waals surface area contributed by atoms with E-state index in [4.69, 9.17) is 10.00 Å². The minimum absolute atomic E-state index is 0.0703. The maximum atomic E-state index is 12.6. The summed E-state index contributed by atoms with van der Waals surface area (Å²) in [6.45, 7) is 3.32. The van der Waals surface area contributed by atoms with E-state index in [1.165, 1.54) is 11.0 Å². The predicted octanol–water partition coefficient (Wildman–Crippen LogP) is 3.32. The minimum Gasteiger partial charge on any atom is -0.452 e. The molecule has 0 aliphatic heterocycles. The van der Waals surface area contributed by atoms with Crippen LogP contribution in [0, 0.1) is 11.3 Å². The molecule has 0 spiro atoms. The van der Waals surface area contributed by atoms with Crippen LogP contribution in [0.2, 0.25) is 0 Å². The Labute approximate surface area is 175 Å². The van der Waals surface area contributed by atoms with Gasteiger partial charge >= 0.3 is 12.0 Å². The fourth-order valence-electron chi connectivity index (χ4n) is 2.64. The number of carbonyl (C=O) groups is 3. The largest absolute Gasteiger partial charge is 0.452 e. The highest BCUT2D eigenvalue weighted by molar-refractivity contribution is 6.02. The summed E-state index contributed by atoms with van der Waals surface area (Å²) in [6.07, 6.45) is 0.145. The molecule has 30 heavy (non-hydrogen) atoms. The zero-order chi connectivity index (χ0) is 21.9. The molecule has 0 saturated heterocycles. The Hall–Kier alpha value is -3.86. The van der Waals surface area contributed by atoms with Crippen LogP contribution in [0.25, 0.3) is 0 Å². The van der Waals surface area contributed by atoms with Gasteiger partial charge in [0, 0.05) is 18.3 Å². The van der Waals surface area contributed by atoms with E-state index in [0.29, 0.717) is 5.69 Å². The van der Waals surface area contributed by atoms with Gasteiger partial charge in [-0.25, -0.2) is 9.59 Å². The molecular formula is C22H24N4O4. The van der Waals surface area contributed by atoms with Crippen molar-refractivity contribution in [3.8, 4) is 6.07 Å². The average Bonchev–Trinajstić information content (AvgIpc) is 2.73. The first-order chi connectivity index (χ1) is 14.4. The molecule has 2 N–H and O–H groups in total. The van der Waals surface area contributed by atoms with Crippen molar-refractivity contribution in [2.45, 2.75) is 26.3 Å². The second-order valence-electron chi connectivity index (χ2n) is 6.66. The Bertz CT molecular complexity index is 922. The summed E-state index contributed by atoms with van der Waals surface area (Å²) < 4.78 is 5.19. The van der Waals surface area contributed by atoms with Crippen LogP contribution in [0.1, 0.15) is 30.6 Å². The van der Waals surface area contributed by atoms with Crippen LogP contribution >= 0.6 is 0 Å². The Morgan fingerprint density at radius 1 is 1.07 bits per heavy atom. The number of rotatable bonds is 8. The van der Waals surface area contributed by atoms with Crippen LogP contribution in [-0.4, -0.2) is 37.1 Å². The molecule has 2 aromatic rings. The molecule has 0 radical (unpaired) electrons. The van der Waals surface area contributed by atoms with Gasteiger partial charge in [0.15, 0.2) is 6.61 Å². The molecule has 0 fully saturated rings. The number of urea groups is 1. The molecule has 0 bridgehead atoms. The van der Waals surface area contributed by atoms with Crippen molar-refractivity contribution >= 4 is 29.3 Å². The topological polar surface area (TPSA) is 112 Å². The third-order valence-corrected chi connectivity index (χ3v) is 3.96. The van der Waals surface area contributed by atoms with Gasteiger partial charge in [0.1, 0.15) is 0 Å². The van der Waals surface area contributed by atoms with Crippen LogP contribution in [-0.2, 0) is 9.53 Å². The summed E-state index contributed by atoms with van der Waals surface area (Å²) in [5.74, 6) is -1.19. The molecule has 0 heterocycles. The van der Waals surface area contributed by atoms with Crippen molar-refractivity contribution in [2.75, 3.05) is 23.4 Å². The molecular weight excluding hydrogens is 384 g/mol. The lowest BCUT2D eigenvalue weighted by Crippen LogP contribution is -2.36. The smallest absolute Gasteiger partial charge is 0.340 e. The highest BCUT2D eigenvalue weighted by Crippen LogP contribution is 2.17. The lowest BCUT2D eigenvalue weighted by atomic mass is 10.2. The van der Waals surface area contributed by atoms with E-state index in [-0.39, 0.29) is 30.3 Å². The first-order valence-electron chi connectivity index (χ1n) is 9.48. The predicted molar refractivity (Wildman–Crippen MR) is 113 cm³/mol. The number of nitrogens with zero attached hydrogens (tertiary/aromatic N) is 2. The Morgan fingerprint density at radius 3 is 2.40 bits per heavy atom. The summed E-state index contributed by atoms with van der Waals surface area (Å²) in [5.41, 5.74) is 1.02. The highest BCUT2D eigenvalue weighted by atomic mass is 16.5. The number of para-hydroxylation sites is 2. The number of carbonyl (C=O) groups excluding carboxylic acids is 3. The third kappa shape index (κ3) is 6.63. The van der Waals surface area contributed by atoms with Crippen molar-refractivity contribution in [2.24, 2.45) is 0 Å². The molecule has 0 unspecified atom stereocenters. The lowest BCUT2D eigenvalue weighted by molar-refractivity contribution is -0.121. The number of esters is 1. The van der Waals surface area contributed by atoms with Crippen LogP contribution in [0.4, 0.5) is 16.2 Å². The SMILES string of the molecule is CC(C)NC(=O)Nc1ccccc1C(=O)OCC(=O)N(CCC#N)c1ccccc1. The van der Waals surface area contributed by atoms with Crippen LogP contribution in [0.3, 0.4) is 0 Å². The molecule has 0 aliphatic rings. The fraction of sp³-hybridized carbons (Fsp3) is 0.273. The van der Waals surface area contributed by atoms with Gasteiger partial charge in [-0.15, -0.1) is 0 Å². The van der Waals surface area contributed by atoms with E-state index in [9.17, 15) is 14.4 Å². The number of anilines is 2. The van der Waals surface area contributed by atoms with Crippen molar-refractivity contribution in [3.63, 3.8) is 0 Å². The molecule has 0 aromatic heterocycles. The van der Waals surface area contributed by atoms with Crippen molar-refractivity contribution in [3.05, 3.63) is 60.2 Å². The first kappa shape index (κ1) is 22.4. The van der Waals surface area contributed by atoms with Gasteiger partial charge in [-0.3, -0.25) is 4.79 Å². The number of nitriles is 1. The Kier molecular flexibility index (Phi) is 8.39.